The fourth-order valence-electron chi connectivity index (χ4n) is 1.87. The highest BCUT2D eigenvalue weighted by Crippen LogP contribution is 2.16. The van der Waals surface area contributed by atoms with E-state index in [1.165, 1.54) is 0 Å². The van der Waals surface area contributed by atoms with Crippen LogP contribution in [0.2, 0.25) is 0 Å². The van der Waals surface area contributed by atoms with E-state index in [0.29, 0.717) is 13.0 Å². The predicted octanol–water partition coefficient (Wildman–Crippen LogP) is 1.29. The van der Waals surface area contributed by atoms with Gasteiger partial charge in [0.1, 0.15) is 0 Å². The van der Waals surface area contributed by atoms with Gasteiger partial charge in [0.05, 0.1) is 18.3 Å². The maximum Gasteiger partial charge on any atom is 0.226 e. The number of nitrogens with zero attached hydrogens (tertiary/aromatic N) is 3. The zero-order valence-corrected chi connectivity index (χ0v) is 11.2. The van der Waals surface area contributed by atoms with E-state index < -0.39 is 0 Å². The predicted molar refractivity (Wildman–Crippen MR) is 71.9 cm³/mol. The summed E-state index contributed by atoms with van der Waals surface area (Å²) in [6.45, 7) is 2.44. The summed E-state index contributed by atoms with van der Waals surface area (Å²) < 4.78 is 1.97. The molecule has 6 nitrogen and oxygen atoms in total. The van der Waals surface area contributed by atoms with Crippen LogP contribution in [0.4, 0.5) is 0 Å². The van der Waals surface area contributed by atoms with Crippen LogP contribution >= 0.6 is 11.3 Å². The quantitative estimate of drug-likeness (QED) is 0.753. The van der Waals surface area contributed by atoms with Gasteiger partial charge in [-0.1, -0.05) is 0 Å². The van der Waals surface area contributed by atoms with Gasteiger partial charge in [-0.3, -0.25) is 14.3 Å². The summed E-state index contributed by atoms with van der Waals surface area (Å²) in [5, 5.41) is 11.4. The molecule has 0 aromatic carbocycles. The number of aryl methyl sites for hydroxylation is 1. The molecule has 3 aromatic heterocycles. The number of carbonyl (C=O) groups is 1. The standard InChI is InChI=1S/C12H13N5OS/c1-8-6-17-10(7-19-12(17)16-8)2-11(18)13-3-9-4-14-15-5-9/h4-7H,2-3H2,1H3,(H,13,18)(H,14,15). The number of imidazole rings is 1. The van der Waals surface area contributed by atoms with E-state index in [4.69, 9.17) is 0 Å². The molecule has 0 aliphatic heterocycles. The zero-order valence-electron chi connectivity index (χ0n) is 10.4. The summed E-state index contributed by atoms with van der Waals surface area (Å²) in [5.41, 5.74) is 2.89. The molecule has 98 valence electrons. The van der Waals surface area contributed by atoms with Crippen molar-refractivity contribution >= 4 is 22.2 Å². The molecule has 3 heterocycles. The fraction of sp³-hybridized carbons (Fsp3) is 0.250. The van der Waals surface area contributed by atoms with Crippen molar-refractivity contribution in [2.75, 3.05) is 0 Å². The number of nitrogens with one attached hydrogen (secondary N) is 2. The monoisotopic (exact) mass is 275 g/mol. The second-order valence-corrected chi connectivity index (χ2v) is 5.16. The van der Waals surface area contributed by atoms with Crippen LogP contribution in [0.5, 0.6) is 0 Å². The van der Waals surface area contributed by atoms with Crippen molar-refractivity contribution < 1.29 is 4.79 Å². The van der Waals surface area contributed by atoms with Gasteiger partial charge in [-0.2, -0.15) is 5.10 Å². The number of thiazole rings is 1. The van der Waals surface area contributed by atoms with Crippen molar-refractivity contribution in [3.8, 4) is 0 Å². The lowest BCUT2D eigenvalue weighted by atomic mass is 10.3. The first kappa shape index (κ1) is 11.9. The van der Waals surface area contributed by atoms with E-state index in [0.717, 1.165) is 21.9 Å². The van der Waals surface area contributed by atoms with Crippen LogP contribution in [0.1, 0.15) is 17.0 Å². The minimum absolute atomic E-state index is 0.00717. The first-order valence-corrected chi connectivity index (χ1v) is 6.77. The second-order valence-electron chi connectivity index (χ2n) is 4.32. The van der Waals surface area contributed by atoms with Gasteiger partial charge in [0.2, 0.25) is 5.91 Å². The highest BCUT2D eigenvalue weighted by Gasteiger charge is 2.10. The smallest absolute Gasteiger partial charge is 0.226 e. The topological polar surface area (TPSA) is 75.1 Å². The Kier molecular flexibility index (Phi) is 3.04. The van der Waals surface area contributed by atoms with Gasteiger partial charge >= 0.3 is 0 Å². The number of aromatic nitrogens is 4. The summed E-state index contributed by atoms with van der Waals surface area (Å²) >= 11 is 1.55. The normalized spacial score (nSPS) is 11.0. The number of fused-ring (bicyclic) bond motifs is 1. The van der Waals surface area contributed by atoms with Gasteiger partial charge in [0.25, 0.3) is 0 Å². The summed E-state index contributed by atoms with van der Waals surface area (Å²) in [4.78, 5) is 17.2. The maximum atomic E-state index is 11.9. The average Bonchev–Trinajstić information content (AvgIpc) is 3.06. The summed E-state index contributed by atoms with van der Waals surface area (Å²) in [6, 6.07) is 0. The van der Waals surface area contributed by atoms with Crippen LogP contribution in [0.15, 0.2) is 24.0 Å². The van der Waals surface area contributed by atoms with Gasteiger partial charge in [-0.05, 0) is 6.92 Å². The van der Waals surface area contributed by atoms with Gasteiger partial charge in [0, 0.05) is 35.6 Å². The highest BCUT2D eigenvalue weighted by atomic mass is 32.1. The number of aromatic amines is 1. The highest BCUT2D eigenvalue weighted by molar-refractivity contribution is 7.15. The summed E-state index contributed by atoms with van der Waals surface area (Å²) in [6.07, 6.45) is 5.77. The van der Waals surface area contributed by atoms with Gasteiger partial charge in [-0.25, -0.2) is 4.98 Å². The molecular weight excluding hydrogens is 262 g/mol. The minimum Gasteiger partial charge on any atom is -0.352 e. The molecule has 19 heavy (non-hydrogen) atoms. The van der Waals surface area contributed by atoms with E-state index in [1.807, 2.05) is 22.9 Å². The summed E-state index contributed by atoms with van der Waals surface area (Å²) in [7, 11) is 0. The molecule has 3 rings (SSSR count). The maximum absolute atomic E-state index is 11.9. The van der Waals surface area contributed by atoms with Crippen LogP contribution in [-0.2, 0) is 17.8 Å². The molecule has 0 spiro atoms. The second kappa shape index (κ2) is 4.85. The third-order valence-electron chi connectivity index (χ3n) is 2.79. The Bertz CT molecular complexity index is 697. The lowest BCUT2D eigenvalue weighted by Gasteiger charge is -2.02. The Hall–Kier alpha value is -2.15. The molecule has 0 radical (unpaired) electrons. The lowest BCUT2D eigenvalue weighted by molar-refractivity contribution is -0.120. The Morgan fingerprint density at radius 1 is 1.58 bits per heavy atom. The van der Waals surface area contributed by atoms with E-state index in [9.17, 15) is 4.79 Å². The van der Waals surface area contributed by atoms with E-state index in [2.05, 4.69) is 20.5 Å². The van der Waals surface area contributed by atoms with Crippen molar-refractivity contribution in [2.24, 2.45) is 0 Å². The summed E-state index contributed by atoms with van der Waals surface area (Å²) in [5.74, 6) is -0.00717. The van der Waals surface area contributed by atoms with Crippen molar-refractivity contribution in [3.05, 3.63) is 40.9 Å². The molecule has 0 bridgehead atoms. The molecule has 0 saturated carbocycles. The van der Waals surface area contributed by atoms with Crippen LogP contribution in [0.25, 0.3) is 4.96 Å². The molecule has 0 aliphatic carbocycles. The Balaban J connectivity index is 1.65. The van der Waals surface area contributed by atoms with Crippen molar-refractivity contribution in [2.45, 2.75) is 19.9 Å². The lowest BCUT2D eigenvalue weighted by Crippen LogP contribution is -2.24. The SMILES string of the molecule is Cc1cn2c(CC(=O)NCc3cn[nH]c3)csc2n1. The molecule has 0 atom stereocenters. The van der Waals surface area contributed by atoms with E-state index in [-0.39, 0.29) is 5.91 Å². The molecule has 1 amide bonds. The number of rotatable bonds is 4. The molecule has 2 N–H and O–H groups in total. The molecule has 3 aromatic rings. The number of amides is 1. The fourth-order valence-corrected chi connectivity index (χ4v) is 2.79. The van der Waals surface area contributed by atoms with Crippen molar-refractivity contribution in [1.82, 2.24) is 24.9 Å². The molecule has 0 fully saturated rings. The van der Waals surface area contributed by atoms with Crippen LogP contribution in [0, 0.1) is 6.92 Å². The number of carbonyl (C=O) groups excluding carboxylic acids is 1. The van der Waals surface area contributed by atoms with Crippen molar-refractivity contribution in [3.63, 3.8) is 0 Å². The third kappa shape index (κ3) is 2.50. The van der Waals surface area contributed by atoms with Gasteiger partial charge in [0.15, 0.2) is 4.96 Å². The van der Waals surface area contributed by atoms with Crippen molar-refractivity contribution in [1.29, 1.82) is 0 Å². The van der Waals surface area contributed by atoms with Crippen LogP contribution in [-0.4, -0.2) is 25.5 Å². The number of hydrogen-bond acceptors (Lipinski definition) is 4. The van der Waals surface area contributed by atoms with Crippen LogP contribution in [0.3, 0.4) is 0 Å². The Morgan fingerprint density at radius 3 is 3.26 bits per heavy atom. The van der Waals surface area contributed by atoms with E-state index in [1.54, 1.807) is 23.7 Å². The van der Waals surface area contributed by atoms with E-state index >= 15 is 0 Å². The third-order valence-corrected chi connectivity index (χ3v) is 3.68. The number of hydrogen-bond donors (Lipinski definition) is 2. The number of H-pyrrole nitrogens is 1. The molecular formula is C12H13N5OS. The first-order chi connectivity index (χ1) is 9.22. The van der Waals surface area contributed by atoms with Gasteiger partial charge in [-0.15, -0.1) is 11.3 Å². The molecule has 7 heteroatoms. The van der Waals surface area contributed by atoms with Crippen LogP contribution < -0.4 is 5.32 Å². The molecule has 0 unspecified atom stereocenters. The largest absolute Gasteiger partial charge is 0.352 e. The average molecular weight is 275 g/mol. The minimum atomic E-state index is -0.00717. The Morgan fingerprint density at radius 2 is 2.47 bits per heavy atom. The Labute approximate surface area is 113 Å². The van der Waals surface area contributed by atoms with Gasteiger partial charge < -0.3 is 5.32 Å². The molecule has 0 saturated heterocycles. The zero-order chi connectivity index (χ0) is 13.2. The molecule has 0 aliphatic rings. The first-order valence-electron chi connectivity index (χ1n) is 5.89.